The number of aliphatic hydroxyl groups is 1. The molecule has 0 aliphatic carbocycles. The summed E-state index contributed by atoms with van der Waals surface area (Å²) in [5, 5.41) is 10.7. The number of rotatable bonds is 6. The molecule has 1 aliphatic rings. The Bertz CT molecular complexity index is 526. The van der Waals surface area contributed by atoms with E-state index in [9.17, 15) is 14.7 Å². The summed E-state index contributed by atoms with van der Waals surface area (Å²) in [6.07, 6.45) is 1.75. The Morgan fingerprint density at radius 3 is 2.36 bits per heavy atom. The maximum absolute atomic E-state index is 12.7. The Morgan fingerprint density at radius 2 is 1.82 bits per heavy atom. The topological polar surface area (TPSA) is 60.9 Å². The first-order valence-corrected chi connectivity index (χ1v) is 7.93. The van der Waals surface area contributed by atoms with Crippen molar-refractivity contribution in [1.29, 1.82) is 0 Å². The fourth-order valence-corrected chi connectivity index (χ4v) is 2.87. The molecule has 0 unspecified atom stereocenters. The second-order valence-corrected chi connectivity index (χ2v) is 5.69. The van der Waals surface area contributed by atoms with Gasteiger partial charge in [-0.25, -0.2) is 0 Å². The first-order valence-electron chi connectivity index (χ1n) is 7.93. The zero-order valence-corrected chi connectivity index (χ0v) is 13.3. The number of nitrogens with zero attached hydrogens (tertiary/aromatic N) is 2. The van der Waals surface area contributed by atoms with E-state index in [2.05, 4.69) is 0 Å². The summed E-state index contributed by atoms with van der Waals surface area (Å²) in [5.41, 5.74) is -1.20. The van der Waals surface area contributed by atoms with Gasteiger partial charge in [0.05, 0.1) is 0 Å². The number of anilines is 1. The summed E-state index contributed by atoms with van der Waals surface area (Å²) in [6, 6.07) is 9.16. The third kappa shape index (κ3) is 2.99. The minimum Gasteiger partial charge on any atom is -0.372 e. The number of hydrogen-bond donors (Lipinski definition) is 1. The fourth-order valence-electron chi connectivity index (χ4n) is 2.87. The van der Waals surface area contributed by atoms with Gasteiger partial charge >= 0.3 is 0 Å². The van der Waals surface area contributed by atoms with Gasteiger partial charge in [-0.3, -0.25) is 9.59 Å². The molecule has 1 atom stereocenters. The van der Waals surface area contributed by atoms with Gasteiger partial charge in [-0.05, 0) is 25.0 Å². The highest BCUT2D eigenvalue weighted by Gasteiger charge is 2.53. The smallest absolute Gasteiger partial charge is 0.268 e. The molecule has 5 heteroatoms. The van der Waals surface area contributed by atoms with Crippen LogP contribution < -0.4 is 4.90 Å². The quantitative estimate of drug-likeness (QED) is 0.815. The van der Waals surface area contributed by atoms with Crippen molar-refractivity contribution in [2.45, 2.75) is 38.7 Å². The molecule has 1 fully saturated rings. The number of hydrogen-bond acceptors (Lipinski definition) is 3. The molecule has 1 N–H and O–H groups in total. The van der Waals surface area contributed by atoms with Gasteiger partial charge < -0.3 is 14.9 Å². The molecular weight excluding hydrogens is 280 g/mol. The Hall–Kier alpha value is -1.88. The van der Waals surface area contributed by atoms with Gasteiger partial charge in [-0.15, -0.1) is 0 Å². The zero-order chi connectivity index (χ0) is 16.2. The summed E-state index contributed by atoms with van der Waals surface area (Å²) in [6.45, 7) is 5.44. The van der Waals surface area contributed by atoms with Crippen LogP contribution in [0.25, 0.3) is 0 Å². The SMILES string of the molecule is CCCN(CCC)C(=O)[C@@]1(O)CCN(c2ccccc2)C1=O. The van der Waals surface area contributed by atoms with Crippen molar-refractivity contribution in [1.82, 2.24) is 4.90 Å². The van der Waals surface area contributed by atoms with Crippen molar-refractivity contribution < 1.29 is 14.7 Å². The van der Waals surface area contributed by atoms with Crippen molar-refractivity contribution in [2.75, 3.05) is 24.5 Å². The zero-order valence-electron chi connectivity index (χ0n) is 13.3. The maximum atomic E-state index is 12.7. The van der Waals surface area contributed by atoms with Gasteiger partial charge in [0.15, 0.2) is 0 Å². The molecule has 0 aromatic heterocycles. The van der Waals surface area contributed by atoms with E-state index in [0.29, 0.717) is 25.3 Å². The lowest BCUT2D eigenvalue weighted by molar-refractivity contribution is -0.157. The largest absolute Gasteiger partial charge is 0.372 e. The number of para-hydroxylation sites is 1. The minimum atomic E-state index is -1.92. The van der Waals surface area contributed by atoms with Crippen LogP contribution in [0.2, 0.25) is 0 Å². The molecule has 1 aliphatic heterocycles. The van der Waals surface area contributed by atoms with Crippen LogP contribution in [0.1, 0.15) is 33.1 Å². The molecule has 5 nitrogen and oxygen atoms in total. The Kier molecular flexibility index (Phi) is 5.19. The second kappa shape index (κ2) is 6.92. The van der Waals surface area contributed by atoms with Crippen molar-refractivity contribution >= 4 is 17.5 Å². The predicted octanol–water partition coefficient (Wildman–Crippen LogP) is 1.80. The first kappa shape index (κ1) is 16.5. The minimum absolute atomic E-state index is 0.142. The highest BCUT2D eigenvalue weighted by atomic mass is 16.3. The van der Waals surface area contributed by atoms with Crippen LogP contribution >= 0.6 is 0 Å². The van der Waals surface area contributed by atoms with Crippen LogP contribution in [-0.4, -0.2) is 47.1 Å². The molecule has 1 aromatic carbocycles. The van der Waals surface area contributed by atoms with Crippen LogP contribution in [0.3, 0.4) is 0 Å². The van der Waals surface area contributed by atoms with Crippen molar-refractivity contribution in [3.8, 4) is 0 Å². The summed E-state index contributed by atoms with van der Waals surface area (Å²) >= 11 is 0. The van der Waals surface area contributed by atoms with E-state index in [4.69, 9.17) is 0 Å². The average molecular weight is 304 g/mol. The molecule has 0 saturated carbocycles. The lowest BCUT2D eigenvalue weighted by Crippen LogP contribution is -2.54. The van der Waals surface area contributed by atoms with Gasteiger partial charge in [0.25, 0.3) is 11.8 Å². The molecule has 0 radical (unpaired) electrons. The van der Waals surface area contributed by atoms with Crippen LogP contribution in [0, 0.1) is 0 Å². The van der Waals surface area contributed by atoms with Gasteiger partial charge in [0, 0.05) is 31.7 Å². The third-order valence-electron chi connectivity index (χ3n) is 3.99. The molecule has 120 valence electrons. The molecular formula is C17H24N2O3. The molecule has 0 spiro atoms. The lowest BCUT2D eigenvalue weighted by atomic mass is 10.00. The standard InChI is InChI=1S/C17H24N2O3/c1-3-11-18(12-4-2)15(20)17(22)10-13-19(16(17)21)14-8-6-5-7-9-14/h5-9,22H,3-4,10-13H2,1-2H3/t17-/m0/s1. The first-order chi connectivity index (χ1) is 10.5. The van der Waals surface area contributed by atoms with Gasteiger partial charge in [-0.2, -0.15) is 0 Å². The molecule has 1 saturated heterocycles. The molecule has 2 amide bonds. The van der Waals surface area contributed by atoms with E-state index in [1.165, 1.54) is 4.90 Å². The average Bonchev–Trinajstić information content (AvgIpc) is 2.84. The van der Waals surface area contributed by atoms with E-state index in [1.807, 2.05) is 44.2 Å². The molecule has 1 heterocycles. The van der Waals surface area contributed by atoms with Gasteiger partial charge in [0.2, 0.25) is 5.60 Å². The van der Waals surface area contributed by atoms with Gasteiger partial charge in [-0.1, -0.05) is 32.0 Å². The summed E-state index contributed by atoms with van der Waals surface area (Å²) in [4.78, 5) is 28.4. The number of amides is 2. The number of carbonyl (C=O) groups excluding carboxylic acids is 2. The van der Waals surface area contributed by atoms with Crippen molar-refractivity contribution in [3.63, 3.8) is 0 Å². The predicted molar refractivity (Wildman–Crippen MR) is 85.5 cm³/mol. The molecule has 2 rings (SSSR count). The van der Waals surface area contributed by atoms with E-state index in [0.717, 1.165) is 12.8 Å². The number of carbonyl (C=O) groups is 2. The highest BCUT2D eigenvalue weighted by molar-refractivity contribution is 6.16. The van der Waals surface area contributed by atoms with Crippen LogP contribution in [0.4, 0.5) is 5.69 Å². The monoisotopic (exact) mass is 304 g/mol. The lowest BCUT2D eigenvalue weighted by Gasteiger charge is -2.29. The van der Waals surface area contributed by atoms with E-state index < -0.39 is 17.4 Å². The Labute approximate surface area is 131 Å². The van der Waals surface area contributed by atoms with E-state index >= 15 is 0 Å². The Balaban J connectivity index is 2.20. The summed E-state index contributed by atoms with van der Waals surface area (Å²) in [7, 11) is 0. The maximum Gasteiger partial charge on any atom is 0.268 e. The summed E-state index contributed by atoms with van der Waals surface area (Å²) < 4.78 is 0. The molecule has 22 heavy (non-hydrogen) atoms. The van der Waals surface area contributed by atoms with Crippen molar-refractivity contribution in [2.24, 2.45) is 0 Å². The Morgan fingerprint density at radius 1 is 1.23 bits per heavy atom. The van der Waals surface area contributed by atoms with Crippen LogP contribution in [0.15, 0.2) is 30.3 Å². The number of benzene rings is 1. The summed E-state index contributed by atoms with van der Waals surface area (Å²) in [5.74, 6) is -0.972. The third-order valence-corrected chi connectivity index (χ3v) is 3.99. The van der Waals surface area contributed by atoms with E-state index in [1.54, 1.807) is 4.90 Å². The highest BCUT2D eigenvalue weighted by Crippen LogP contribution is 2.29. The van der Waals surface area contributed by atoms with Crippen LogP contribution in [0.5, 0.6) is 0 Å². The van der Waals surface area contributed by atoms with Gasteiger partial charge in [0.1, 0.15) is 0 Å². The molecule has 0 bridgehead atoms. The molecule has 1 aromatic rings. The van der Waals surface area contributed by atoms with Crippen molar-refractivity contribution in [3.05, 3.63) is 30.3 Å². The fraction of sp³-hybridized carbons (Fsp3) is 0.529. The normalized spacial score (nSPS) is 21.2. The van der Waals surface area contributed by atoms with E-state index in [-0.39, 0.29) is 6.42 Å². The second-order valence-electron chi connectivity index (χ2n) is 5.69. The van der Waals surface area contributed by atoms with Crippen LogP contribution in [-0.2, 0) is 9.59 Å².